The normalized spacial score (nSPS) is 34.2. The summed E-state index contributed by atoms with van der Waals surface area (Å²) in [5, 5.41) is 3.84. The van der Waals surface area contributed by atoms with Crippen molar-refractivity contribution in [3.05, 3.63) is 0 Å². The first-order valence-electron chi connectivity index (χ1n) is 8.28. The van der Waals surface area contributed by atoms with E-state index in [1.54, 1.807) is 0 Å². The van der Waals surface area contributed by atoms with Crippen LogP contribution in [0.15, 0.2) is 0 Å². The van der Waals surface area contributed by atoms with Crippen LogP contribution in [0, 0.1) is 11.3 Å². The smallest absolute Gasteiger partial charge is 0.0477 e. The van der Waals surface area contributed by atoms with Gasteiger partial charge < -0.3 is 10.1 Å². The van der Waals surface area contributed by atoms with Gasteiger partial charge in [0, 0.05) is 44.4 Å². The zero-order valence-electron chi connectivity index (χ0n) is 14.3. The van der Waals surface area contributed by atoms with Crippen LogP contribution >= 0.6 is 0 Å². The molecule has 2 aliphatic rings. The lowest BCUT2D eigenvalue weighted by molar-refractivity contribution is -0.0238. The molecule has 1 aliphatic carbocycles. The number of piperazine rings is 1. The number of rotatable bonds is 5. The first-order chi connectivity index (χ1) is 9.29. The lowest BCUT2D eigenvalue weighted by Gasteiger charge is -2.54. The summed E-state index contributed by atoms with van der Waals surface area (Å²) in [4.78, 5) is 2.79. The maximum Gasteiger partial charge on any atom is 0.0477 e. The van der Waals surface area contributed by atoms with Crippen LogP contribution in [0.2, 0.25) is 0 Å². The average molecular weight is 282 g/mol. The van der Waals surface area contributed by atoms with Gasteiger partial charge in [0.2, 0.25) is 0 Å². The number of hydrogen-bond donors (Lipinski definition) is 1. The second kappa shape index (κ2) is 5.94. The van der Waals surface area contributed by atoms with Crippen LogP contribution in [0.1, 0.15) is 53.9 Å². The third-order valence-electron chi connectivity index (χ3n) is 5.52. The molecule has 3 heteroatoms. The molecule has 1 N–H and O–H groups in total. The summed E-state index contributed by atoms with van der Waals surface area (Å²) < 4.78 is 5.30. The first kappa shape index (κ1) is 16.3. The van der Waals surface area contributed by atoms with E-state index in [4.69, 9.17) is 4.74 Å². The highest BCUT2D eigenvalue weighted by molar-refractivity contribution is 5.07. The third-order valence-corrected chi connectivity index (χ3v) is 5.52. The van der Waals surface area contributed by atoms with Crippen molar-refractivity contribution in [1.82, 2.24) is 10.2 Å². The predicted octanol–water partition coefficient (Wildman–Crippen LogP) is 2.90. The molecule has 1 aliphatic heterocycles. The Morgan fingerprint density at radius 3 is 2.50 bits per heavy atom. The highest BCUT2D eigenvalue weighted by atomic mass is 16.5. The maximum atomic E-state index is 5.30. The zero-order chi connectivity index (χ0) is 15.0. The highest BCUT2D eigenvalue weighted by Crippen LogP contribution is 2.45. The van der Waals surface area contributed by atoms with Crippen molar-refractivity contribution >= 4 is 0 Å². The van der Waals surface area contributed by atoms with E-state index in [0.717, 1.165) is 25.5 Å². The van der Waals surface area contributed by atoms with E-state index in [1.165, 1.54) is 19.4 Å². The van der Waals surface area contributed by atoms with Crippen LogP contribution in [-0.4, -0.2) is 49.3 Å². The number of hydrogen-bond acceptors (Lipinski definition) is 3. The molecule has 1 saturated carbocycles. The Balaban J connectivity index is 2.10. The molecule has 3 nitrogen and oxygen atoms in total. The zero-order valence-corrected chi connectivity index (χ0v) is 14.3. The molecule has 0 bridgehead atoms. The molecule has 0 aromatic heterocycles. The van der Waals surface area contributed by atoms with Gasteiger partial charge in [0.05, 0.1) is 0 Å². The van der Waals surface area contributed by atoms with Gasteiger partial charge in [-0.05, 0) is 44.4 Å². The second-order valence-corrected chi connectivity index (χ2v) is 8.21. The molecule has 2 rings (SSSR count). The molecule has 3 unspecified atom stereocenters. The van der Waals surface area contributed by atoms with Crippen molar-refractivity contribution in [2.75, 3.05) is 26.8 Å². The molecule has 3 atom stereocenters. The molecule has 0 amide bonds. The fourth-order valence-corrected chi connectivity index (χ4v) is 3.69. The van der Waals surface area contributed by atoms with Crippen molar-refractivity contribution in [2.24, 2.45) is 11.3 Å². The molecule has 0 aromatic carbocycles. The summed E-state index contributed by atoms with van der Waals surface area (Å²) in [6.45, 7) is 15.1. The van der Waals surface area contributed by atoms with Crippen LogP contribution in [0.5, 0.6) is 0 Å². The largest absolute Gasteiger partial charge is 0.385 e. The van der Waals surface area contributed by atoms with Crippen LogP contribution in [-0.2, 0) is 4.74 Å². The lowest BCUT2D eigenvalue weighted by atomic mass is 9.80. The average Bonchev–Trinajstić information content (AvgIpc) is 3.19. The van der Waals surface area contributed by atoms with Crippen LogP contribution in [0.3, 0.4) is 0 Å². The Kier molecular flexibility index (Phi) is 4.83. The summed E-state index contributed by atoms with van der Waals surface area (Å²) in [5.41, 5.74) is 0.666. The number of ether oxygens (including phenoxy) is 1. The molecular weight excluding hydrogens is 248 g/mol. The van der Waals surface area contributed by atoms with E-state index in [0.29, 0.717) is 23.0 Å². The number of methoxy groups -OCH3 is 1. The van der Waals surface area contributed by atoms with Gasteiger partial charge in [-0.25, -0.2) is 0 Å². The Morgan fingerprint density at radius 1 is 1.35 bits per heavy atom. The van der Waals surface area contributed by atoms with E-state index in [1.807, 2.05) is 7.11 Å². The van der Waals surface area contributed by atoms with Crippen molar-refractivity contribution in [3.63, 3.8) is 0 Å². The number of nitrogens with zero attached hydrogens (tertiary/aromatic N) is 1. The van der Waals surface area contributed by atoms with E-state index in [2.05, 4.69) is 44.8 Å². The van der Waals surface area contributed by atoms with Gasteiger partial charge in [-0.3, -0.25) is 4.90 Å². The third kappa shape index (κ3) is 3.37. The SMILES string of the molecule is COCCC(C)N1CC(C(C)(C)C)NCC1(C)C1CC1. The topological polar surface area (TPSA) is 24.5 Å². The Bertz CT molecular complexity index is 321. The van der Waals surface area contributed by atoms with E-state index < -0.39 is 0 Å². The second-order valence-electron chi connectivity index (χ2n) is 8.21. The molecule has 1 saturated heterocycles. The minimum atomic E-state index is 0.324. The highest BCUT2D eigenvalue weighted by Gasteiger charge is 2.50. The van der Waals surface area contributed by atoms with E-state index in [-0.39, 0.29) is 0 Å². The van der Waals surface area contributed by atoms with Crippen molar-refractivity contribution in [1.29, 1.82) is 0 Å². The maximum absolute atomic E-state index is 5.30. The molecular formula is C17H34N2O. The molecule has 0 spiro atoms. The molecule has 20 heavy (non-hydrogen) atoms. The van der Waals surface area contributed by atoms with Crippen LogP contribution < -0.4 is 5.32 Å². The summed E-state index contributed by atoms with van der Waals surface area (Å²) in [5.74, 6) is 0.890. The Labute approximate surface area is 125 Å². The summed E-state index contributed by atoms with van der Waals surface area (Å²) in [7, 11) is 1.81. The van der Waals surface area contributed by atoms with Crippen molar-refractivity contribution in [3.8, 4) is 0 Å². The van der Waals surface area contributed by atoms with Gasteiger partial charge in [0.1, 0.15) is 0 Å². The minimum Gasteiger partial charge on any atom is -0.385 e. The molecule has 2 fully saturated rings. The Morgan fingerprint density at radius 2 is 2.00 bits per heavy atom. The van der Waals surface area contributed by atoms with Gasteiger partial charge in [-0.2, -0.15) is 0 Å². The standard InChI is InChI=1S/C17H34N2O/c1-13(9-10-20-6)19-11-15(16(2,3)4)18-12-17(19,5)14-7-8-14/h13-15,18H,7-12H2,1-6H3. The predicted molar refractivity (Wildman–Crippen MR) is 85.0 cm³/mol. The van der Waals surface area contributed by atoms with Crippen molar-refractivity contribution in [2.45, 2.75) is 71.5 Å². The first-order valence-corrected chi connectivity index (χ1v) is 8.28. The Hall–Kier alpha value is -0.120. The quantitative estimate of drug-likeness (QED) is 0.839. The summed E-state index contributed by atoms with van der Waals surface area (Å²) in [6.07, 6.45) is 3.95. The van der Waals surface area contributed by atoms with Crippen molar-refractivity contribution < 1.29 is 4.74 Å². The van der Waals surface area contributed by atoms with E-state index in [9.17, 15) is 0 Å². The summed E-state index contributed by atoms with van der Waals surface area (Å²) >= 11 is 0. The molecule has 0 aromatic rings. The van der Waals surface area contributed by atoms with Gasteiger partial charge in [-0.15, -0.1) is 0 Å². The van der Waals surface area contributed by atoms with Gasteiger partial charge in [0.15, 0.2) is 0 Å². The number of nitrogens with one attached hydrogen (secondary N) is 1. The van der Waals surface area contributed by atoms with E-state index >= 15 is 0 Å². The van der Waals surface area contributed by atoms with Crippen LogP contribution in [0.4, 0.5) is 0 Å². The molecule has 118 valence electrons. The van der Waals surface area contributed by atoms with Crippen LogP contribution in [0.25, 0.3) is 0 Å². The monoisotopic (exact) mass is 282 g/mol. The van der Waals surface area contributed by atoms with Gasteiger partial charge in [-0.1, -0.05) is 20.8 Å². The van der Waals surface area contributed by atoms with Gasteiger partial charge in [0.25, 0.3) is 0 Å². The fraction of sp³-hybridized carbons (Fsp3) is 1.00. The lowest BCUT2D eigenvalue weighted by Crippen LogP contribution is -2.68. The van der Waals surface area contributed by atoms with Gasteiger partial charge >= 0.3 is 0 Å². The summed E-state index contributed by atoms with van der Waals surface area (Å²) in [6, 6.07) is 1.19. The fourth-order valence-electron chi connectivity index (χ4n) is 3.69. The molecule has 1 heterocycles. The molecule has 0 radical (unpaired) electrons. The minimum absolute atomic E-state index is 0.324.